The summed E-state index contributed by atoms with van der Waals surface area (Å²) in [4.78, 5) is 10.0. The Morgan fingerprint density at radius 2 is 2.00 bits per heavy atom. The predicted octanol–water partition coefficient (Wildman–Crippen LogP) is 3.54. The number of para-hydroxylation sites is 1. The van der Waals surface area contributed by atoms with Crippen molar-refractivity contribution in [2.24, 2.45) is 0 Å². The molecule has 2 aromatic heterocycles. The van der Waals surface area contributed by atoms with Gasteiger partial charge in [-0.15, -0.1) is 5.10 Å². The second-order valence-corrected chi connectivity index (χ2v) is 5.84. The van der Waals surface area contributed by atoms with Gasteiger partial charge in [-0.3, -0.25) is 10.1 Å². The number of aromatic nitrogens is 4. The van der Waals surface area contributed by atoms with Crippen LogP contribution < -0.4 is 0 Å². The summed E-state index contributed by atoms with van der Waals surface area (Å²) in [5, 5.41) is 24.7. The van der Waals surface area contributed by atoms with Crippen LogP contribution in [0.15, 0.2) is 45.3 Å². The SMILES string of the molecule is Cc1cccc(C)c1-n1nnnc1S/C=C/c1ccc([N+](=O)[O-])o1. The smallest absolute Gasteiger partial charge is 0.401 e. The second kappa shape index (κ2) is 6.67. The van der Waals surface area contributed by atoms with Crippen LogP contribution in [0.25, 0.3) is 11.8 Å². The molecule has 3 aromatic rings. The molecule has 0 aliphatic carbocycles. The third-order valence-electron chi connectivity index (χ3n) is 3.29. The summed E-state index contributed by atoms with van der Waals surface area (Å²) in [5.41, 5.74) is 3.07. The van der Waals surface area contributed by atoms with Crippen LogP contribution in [0.1, 0.15) is 16.9 Å². The number of nitrogens with zero attached hydrogens (tertiary/aromatic N) is 5. The Morgan fingerprint density at radius 1 is 1.25 bits per heavy atom. The Hall–Kier alpha value is -2.94. The first kappa shape index (κ1) is 15.9. The lowest BCUT2D eigenvalue weighted by molar-refractivity contribution is -0.402. The first-order valence-corrected chi connectivity index (χ1v) is 7.86. The summed E-state index contributed by atoms with van der Waals surface area (Å²) < 4.78 is 6.73. The van der Waals surface area contributed by atoms with E-state index < -0.39 is 4.92 Å². The van der Waals surface area contributed by atoms with Gasteiger partial charge in [0.1, 0.15) is 10.7 Å². The van der Waals surface area contributed by atoms with E-state index in [1.165, 1.54) is 23.9 Å². The van der Waals surface area contributed by atoms with E-state index in [4.69, 9.17) is 4.42 Å². The van der Waals surface area contributed by atoms with Crippen LogP contribution in [-0.2, 0) is 0 Å². The van der Waals surface area contributed by atoms with E-state index in [0.29, 0.717) is 10.9 Å². The lowest BCUT2D eigenvalue weighted by atomic mass is 10.1. The first-order chi connectivity index (χ1) is 11.6. The van der Waals surface area contributed by atoms with Crippen molar-refractivity contribution in [2.75, 3.05) is 0 Å². The summed E-state index contributed by atoms with van der Waals surface area (Å²) in [5.74, 6) is 0.0975. The van der Waals surface area contributed by atoms with Gasteiger partial charge in [-0.25, -0.2) is 0 Å². The molecule has 0 aliphatic heterocycles. The van der Waals surface area contributed by atoms with Gasteiger partial charge in [-0.2, -0.15) is 4.68 Å². The molecule has 0 spiro atoms. The van der Waals surface area contributed by atoms with Crippen LogP contribution in [0.3, 0.4) is 0 Å². The maximum absolute atomic E-state index is 10.6. The van der Waals surface area contributed by atoms with Crippen molar-refractivity contribution in [2.45, 2.75) is 19.0 Å². The van der Waals surface area contributed by atoms with Crippen molar-refractivity contribution in [3.8, 4) is 5.69 Å². The molecule has 2 heterocycles. The Morgan fingerprint density at radius 3 is 2.67 bits per heavy atom. The van der Waals surface area contributed by atoms with Crippen molar-refractivity contribution in [1.82, 2.24) is 20.2 Å². The van der Waals surface area contributed by atoms with Crippen molar-refractivity contribution >= 4 is 23.7 Å². The Bertz CT molecular complexity index is 895. The van der Waals surface area contributed by atoms with Crippen molar-refractivity contribution in [3.63, 3.8) is 0 Å². The number of hydrogen-bond acceptors (Lipinski definition) is 7. The Kier molecular flexibility index (Phi) is 4.43. The van der Waals surface area contributed by atoms with Gasteiger partial charge in [0.15, 0.2) is 0 Å². The third-order valence-corrected chi connectivity index (χ3v) is 4.03. The Balaban J connectivity index is 1.81. The van der Waals surface area contributed by atoms with Crippen molar-refractivity contribution in [3.05, 3.63) is 62.7 Å². The fourth-order valence-corrected chi connectivity index (χ4v) is 2.86. The fourth-order valence-electron chi connectivity index (χ4n) is 2.22. The van der Waals surface area contributed by atoms with Crippen LogP contribution in [0.5, 0.6) is 0 Å². The van der Waals surface area contributed by atoms with E-state index in [2.05, 4.69) is 15.5 Å². The van der Waals surface area contributed by atoms with Gasteiger partial charge in [0, 0.05) is 0 Å². The van der Waals surface area contributed by atoms with Crippen LogP contribution >= 0.6 is 11.8 Å². The monoisotopic (exact) mass is 343 g/mol. The van der Waals surface area contributed by atoms with E-state index in [9.17, 15) is 10.1 Å². The minimum absolute atomic E-state index is 0.292. The number of furan rings is 1. The molecule has 0 saturated carbocycles. The fraction of sp³-hybridized carbons (Fsp3) is 0.133. The maximum atomic E-state index is 10.6. The molecular formula is C15H13N5O3S. The molecule has 122 valence electrons. The summed E-state index contributed by atoms with van der Waals surface area (Å²) in [6.07, 6.45) is 1.63. The zero-order valence-corrected chi connectivity index (χ0v) is 13.7. The van der Waals surface area contributed by atoms with E-state index in [1.807, 2.05) is 32.0 Å². The molecule has 0 fully saturated rings. The average Bonchev–Trinajstić information content (AvgIpc) is 3.17. The van der Waals surface area contributed by atoms with E-state index in [-0.39, 0.29) is 5.88 Å². The standard InChI is InChI=1S/C15H13N5O3S/c1-10-4-3-5-11(2)14(10)19-15(16-17-18-19)24-9-8-12-6-7-13(23-12)20(21)22/h3-9H,1-2H3/b9-8+. The average molecular weight is 343 g/mol. The van der Waals surface area contributed by atoms with E-state index in [0.717, 1.165) is 16.8 Å². The largest absolute Gasteiger partial charge is 0.433 e. The second-order valence-electron chi connectivity index (χ2n) is 4.97. The number of hydrogen-bond donors (Lipinski definition) is 0. The molecule has 0 N–H and O–H groups in total. The lowest BCUT2D eigenvalue weighted by Gasteiger charge is -2.09. The molecule has 0 unspecified atom stereocenters. The number of benzene rings is 1. The molecule has 8 nitrogen and oxygen atoms in total. The highest BCUT2D eigenvalue weighted by atomic mass is 32.2. The minimum atomic E-state index is -0.577. The molecule has 0 aliphatic rings. The Labute approximate surface area is 141 Å². The highest BCUT2D eigenvalue weighted by Crippen LogP contribution is 2.25. The van der Waals surface area contributed by atoms with Gasteiger partial charge in [0.2, 0.25) is 5.16 Å². The molecule has 0 amide bonds. The topological polar surface area (TPSA) is 99.9 Å². The molecule has 24 heavy (non-hydrogen) atoms. The molecular weight excluding hydrogens is 330 g/mol. The van der Waals surface area contributed by atoms with Crippen molar-refractivity contribution < 1.29 is 9.34 Å². The number of aryl methyl sites for hydroxylation is 2. The molecule has 9 heteroatoms. The van der Waals surface area contributed by atoms with Crippen LogP contribution in [-0.4, -0.2) is 25.1 Å². The molecule has 3 rings (SSSR count). The van der Waals surface area contributed by atoms with Gasteiger partial charge in [-0.1, -0.05) is 30.0 Å². The normalized spacial score (nSPS) is 11.2. The van der Waals surface area contributed by atoms with E-state index in [1.54, 1.807) is 16.2 Å². The number of nitro groups is 1. The summed E-state index contributed by atoms with van der Waals surface area (Å²) in [6, 6.07) is 8.82. The summed E-state index contributed by atoms with van der Waals surface area (Å²) in [7, 11) is 0. The lowest BCUT2D eigenvalue weighted by Crippen LogP contribution is -2.03. The number of thioether (sulfide) groups is 1. The first-order valence-electron chi connectivity index (χ1n) is 6.98. The van der Waals surface area contributed by atoms with Crippen LogP contribution in [0.4, 0.5) is 5.88 Å². The summed E-state index contributed by atoms with van der Waals surface area (Å²) >= 11 is 1.29. The van der Waals surface area contributed by atoms with Gasteiger partial charge in [0.25, 0.3) is 0 Å². The van der Waals surface area contributed by atoms with Crippen molar-refractivity contribution in [1.29, 1.82) is 0 Å². The maximum Gasteiger partial charge on any atom is 0.433 e. The number of rotatable bonds is 5. The number of tetrazole rings is 1. The zero-order chi connectivity index (χ0) is 17.1. The van der Waals surface area contributed by atoms with Gasteiger partial charge >= 0.3 is 5.88 Å². The molecule has 0 bridgehead atoms. The van der Waals surface area contributed by atoms with Gasteiger partial charge in [-0.05, 0) is 53.0 Å². The van der Waals surface area contributed by atoms with E-state index >= 15 is 0 Å². The van der Waals surface area contributed by atoms with Gasteiger partial charge < -0.3 is 4.42 Å². The molecule has 0 saturated heterocycles. The predicted molar refractivity (Wildman–Crippen MR) is 88.9 cm³/mol. The molecule has 0 radical (unpaired) electrons. The third kappa shape index (κ3) is 3.20. The minimum Gasteiger partial charge on any atom is -0.401 e. The highest BCUT2D eigenvalue weighted by Gasteiger charge is 2.13. The quantitative estimate of drug-likeness (QED) is 0.397. The molecule has 1 aromatic carbocycles. The zero-order valence-electron chi connectivity index (χ0n) is 12.9. The summed E-state index contributed by atoms with van der Waals surface area (Å²) in [6.45, 7) is 3.99. The molecule has 0 atom stereocenters. The van der Waals surface area contributed by atoms with Gasteiger partial charge in [0.05, 0.1) is 11.8 Å². The highest BCUT2D eigenvalue weighted by molar-refractivity contribution is 8.02. The van der Waals surface area contributed by atoms with Crippen LogP contribution in [0, 0.1) is 24.0 Å². The van der Waals surface area contributed by atoms with Crippen LogP contribution in [0.2, 0.25) is 0 Å².